The van der Waals surface area contributed by atoms with E-state index in [9.17, 15) is 0 Å². The van der Waals surface area contributed by atoms with E-state index in [0.717, 1.165) is 11.9 Å². The van der Waals surface area contributed by atoms with Crippen LogP contribution in [0, 0.1) is 0 Å². The Balaban J connectivity index is 1.83. The monoisotopic (exact) mass is 216 g/mol. The topological polar surface area (TPSA) is 6.48 Å². The number of halogens is 1. The van der Waals surface area contributed by atoms with Crippen LogP contribution in [0.15, 0.2) is 0 Å². The molecule has 0 aromatic rings. The van der Waals surface area contributed by atoms with Crippen LogP contribution in [-0.2, 0) is 0 Å². The second-order valence-corrected chi connectivity index (χ2v) is 5.03. The summed E-state index contributed by atoms with van der Waals surface area (Å²) >= 11 is 5.97. The molecule has 2 rings (SSSR count). The fourth-order valence-corrected chi connectivity index (χ4v) is 3.14. The van der Waals surface area contributed by atoms with Gasteiger partial charge in [0.15, 0.2) is 0 Å². The van der Waals surface area contributed by atoms with Gasteiger partial charge in [-0.1, -0.05) is 0 Å². The zero-order chi connectivity index (χ0) is 9.97. The van der Waals surface area contributed by atoms with Gasteiger partial charge in [0.1, 0.15) is 0 Å². The highest BCUT2D eigenvalue weighted by atomic mass is 35.5. The van der Waals surface area contributed by atoms with Crippen LogP contribution in [0.4, 0.5) is 0 Å². The van der Waals surface area contributed by atoms with Crippen molar-refractivity contribution in [1.29, 1.82) is 0 Å². The lowest BCUT2D eigenvalue weighted by Crippen LogP contribution is -2.41. The van der Waals surface area contributed by atoms with Gasteiger partial charge in [-0.05, 0) is 45.8 Å². The highest BCUT2D eigenvalue weighted by Gasteiger charge is 2.29. The first-order valence-corrected chi connectivity index (χ1v) is 6.35. The number of hydrogen-bond acceptors (Lipinski definition) is 2. The van der Waals surface area contributed by atoms with E-state index < -0.39 is 0 Å². The fourth-order valence-electron chi connectivity index (χ4n) is 2.79. The van der Waals surface area contributed by atoms with Gasteiger partial charge in [0.25, 0.3) is 0 Å². The molecule has 14 heavy (non-hydrogen) atoms. The van der Waals surface area contributed by atoms with Crippen LogP contribution >= 0.6 is 11.6 Å². The van der Waals surface area contributed by atoms with Crippen LogP contribution < -0.4 is 0 Å². The molecule has 3 heteroatoms. The summed E-state index contributed by atoms with van der Waals surface area (Å²) in [5, 5.41) is 0. The fraction of sp³-hybridized carbons (Fsp3) is 1.00. The quantitative estimate of drug-likeness (QED) is 0.664. The number of alkyl halides is 1. The summed E-state index contributed by atoms with van der Waals surface area (Å²) in [7, 11) is 2.25. The van der Waals surface area contributed by atoms with Crippen LogP contribution in [0.2, 0.25) is 0 Å². The summed E-state index contributed by atoms with van der Waals surface area (Å²) in [6, 6.07) is 1.45. The first kappa shape index (κ1) is 10.7. The predicted molar refractivity (Wildman–Crippen MR) is 61.0 cm³/mol. The normalized spacial score (nSPS) is 35.6. The van der Waals surface area contributed by atoms with Crippen molar-refractivity contribution in [2.45, 2.75) is 37.8 Å². The molecule has 1 unspecified atom stereocenters. The lowest BCUT2D eigenvalue weighted by molar-refractivity contribution is 0.190. The summed E-state index contributed by atoms with van der Waals surface area (Å²) in [6.45, 7) is 3.79. The number of likely N-dealkylation sites (N-methyl/N-ethyl adjacent to an activating group) is 1. The molecule has 2 saturated heterocycles. The van der Waals surface area contributed by atoms with E-state index in [2.05, 4.69) is 16.8 Å². The van der Waals surface area contributed by atoms with Crippen molar-refractivity contribution in [3.63, 3.8) is 0 Å². The Bertz CT molecular complexity index is 186. The van der Waals surface area contributed by atoms with Crippen LogP contribution in [0.1, 0.15) is 25.7 Å². The molecule has 0 spiro atoms. The zero-order valence-electron chi connectivity index (χ0n) is 9.08. The average molecular weight is 217 g/mol. The third kappa shape index (κ3) is 2.23. The molecule has 82 valence electrons. The Morgan fingerprint density at radius 2 is 1.86 bits per heavy atom. The predicted octanol–water partition coefficient (Wildman–Crippen LogP) is 1.78. The van der Waals surface area contributed by atoms with Gasteiger partial charge >= 0.3 is 0 Å². The molecule has 0 N–H and O–H groups in total. The zero-order valence-corrected chi connectivity index (χ0v) is 9.84. The van der Waals surface area contributed by atoms with Crippen LogP contribution in [0.5, 0.6) is 0 Å². The summed E-state index contributed by atoms with van der Waals surface area (Å²) < 4.78 is 0. The highest BCUT2D eigenvalue weighted by molar-refractivity contribution is 6.18. The highest BCUT2D eigenvalue weighted by Crippen LogP contribution is 2.22. The van der Waals surface area contributed by atoms with Crippen LogP contribution in [0.25, 0.3) is 0 Å². The van der Waals surface area contributed by atoms with Crippen molar-refractivity contribution >= 4 is 11.6 Å². The molecule has 0 radical (unpaired) electrons. The Hall–Kier alpha value is 0.210. The Labute approximate surface area is 92.2 Å². The molecule has 0 bridgehead atoms. The number of nitrogens with zero attached hydrogens (tertiary/aromatic N) is 2. The largest absolute Gasteiger partial charge is 0.302 e. The summed E-state index contributed by atoms with van der Waals surface area (Å²) in [5.74, 6) is 0.816. The molecule has 2 heterocycles. The Kier molecular flexibility index (Phi) is 3.69. The second kappa shape index (κ2) is 4.82. The number of likely N-dealkylation sites (tertiary alicyclic amines) is 2. The summed E-state index contributed by atoms with van der Waals surface area (Å²) in [6.07, 6.45) is 5.40. The minimum absolute atomic E-state index is 0.658. The van der Waals surface area contributed by atoms with E-state index in [1.807, 2.05) is 0 Å². The molecule has 0 aromatic carbocycles. The Morgan fingerprint density at radius 1 is 1.14 bits per heavy atom. The van der Waals surface area contributed by atoms with Gasteiger partial charge in [-0.3, -0.25) is 4.90 Å². The van der Waals surface area contributed by atoms with Crippen molar-refractivity contribution in [2.75, 3.05) is 32.6 Å². The van der Waals surface area contributed by atoms with Crippen molar-refractivity contribution in [3.05, 3.63) is 0 Å². The molecule has 2 fully saturated rings. The minimum Gasteiger partial charge on any atom is -0.302 e. The molecule has 0 amide bonds. The summed E-state index contributed by atoms with van der Waals surface area (Å²) in [4.78, 5) is 5.10. The first-order chi connectivity index (χ1) is 6.81. The maximum Gasteiger partial charge on any atom is 0.0379 e. The van der Waals surface area contributed by atoms with E-state index >= 15 is 0 Å². The second-order valence-electron chi connectivity index (χ2n) is 4.72. The first-order valence-electron chi connectivity index (χ1n) is 5.81. The number of hydrogen-bond donors (Lipinski definition) is 0. The minimum atomic E-state index is 0.658. The molecule has 0 aromatic heterocycles. The van der Waals surface area contributed by atoms with Crippen molar-refractivity contribution in [2.24, 2.45) is 0 Å². The van der Waals surface area contributed by atoms with Gasteiger partial charge in [-0.15, -0.1) is 11.6 Å². The average Bonchev–Trinajstić information content (AvgIpc) is 2.77. The van der Waals surface area contributed by atoms with Gasteiger partial charge in [-0.2, -0.15) is 0 Å². The van der Waals surface area contributed by atoms with E-state index in [1.54, 1.807) is 0 Å². The van der Waals surface area contributed by atoms with Gasteiger partial charge < -0.3 is 4.90 Å². The maximum absolute atomic E-state index is 5.97. The standard InChI is InChI=1S/C11H21ClN2/c1-13-6-2-5-11(13)9-14-7-3-4-10(14)8-12/h10-11H,2-9H2,1H3/t10-,11?/m0/s1. The van der Waals surface area contributed by atoms with Crippen molar-refractivity contribution in [1.82, 2.24) is 9.80 Å². The lowest BCUT2D eigenvalue weighted by atomic mass is 10.2. The third-order valence-electron chi connectivity index (χ3n) is 3.79. The molecular weight excluding hydrogens is 196 g/mol. The lowest BCUT2D eigenvalue weighted by Gasteiger charge is -2.29. The van der Waals surface area contributed by atoms with E-state index in [0.29, 0.717) is 6.04 Å². The molecule has 0 saturated carbocycles. The van der Waals surface area contributed by atoms with Crippen LogP contribution in [-0.4, -0.2) is 54.4 Å². The summed E-state index contributed by atoms with van der Waals surface area (Å²) in [5.41, 5.74) is 0. The number of rotatable bonds is 3. The molecule has 2 atom stereocenters. The van der Waals surface area contributed by atoms with E-state index in [4.69, 9.17) is 11.6 Å². The third-order valence-corrected chi connectivity index (χ3v) is 4.15. The van der Waals surface area contributed by atoms with Crippen LogP contribution in [0.3, 0.4) is 0 Å². The maximum atomic E-state index is 5.97. The molecular formula is C11H21ClN2. The van der Waals surface area contributed by atoms with E-state index in [1.165, 1.54) is 45.3 Å². The molecule has 2 aliphatic heterocycles. The van der Waals surface area contributed by atoms with Crippen molar-refractivity contribution in [3.8, 4) is 0 Å². The van der Waals surface area contributed by atoms with Gasteiger partial charge in [-0.25, -0.2) is 0 Å². The van der Waals surface area contributed by atoms with Gasteiger partial charge in [0, 0.05) is 24.5 Å². The van der Waals surface area contributed by atoms with Gasteiger partial charge in [0.05, 0.1) is 0 Å². The van der Waals surface area contributed by atoms with E-state index in [-0.39, 0.29) is 0 Å². The van der Waals surface area contributed by atoms with Gasteiger partial charge in [0.2, 0.25) is 0 Å². The molecule has 0 aliphatic carbocycles. The Morgan fingerprint density at radius 3 is 2.50 bits per heavy atom. The van der Waals surface area contributed by atoms with Crippen molar-refractivity contribution < 1.29 is 0 Å². The molecule has 2 nitrogen and oxygen atoms in total. The smallest absolute Gasteiger partial charge is 0.0379 e. The SMILES string of the molecule is CN1CCCC1CN1CCC[C@H]1CCl. The molecule has 2 aliphatic rings.